The SMILES string of the molecule is Cc1ccccc1NC(=O)Cn1c([C@H]2CC(=O)N(c3ccccc3C)C2)nc2ccccc21. The zero-order chi connectivity index (χ0) is 22.9. The van der Waals surface area contributed by atoms with Crippen molar-refractivity contribution in [3.05, 3.63) is 89.7 Å². The zero-order valence-electron chi connectivity index (χ0n) is 18.8. The highest BCUT2D eigenvalue weighted by molar-refractivity contribution is 5.97. The van der Waals surface area contributed by atoms with Crippen LogP contribution in [0.3, 0.4) is 0 Å². The second-order valence-electron chi connectivity index (χ2n) is 8.60. The van der Waals surface area contributed by atoms with Gasteiger partial charge in [-0.15, -0.1) is 0 Å². The normalized spacial score (nSPS) is 15.9. The Hall–Kier alpha value is -3.93. The van der Waals surface area contributed by atoms with Crippen LogP contribution in [0, 0.1) is 13.8 Å². The number of hydrogen-bond acceptors (Lipinski definition) is 3. The van der Waals surface area contributed by atoms with E-state index >= 15 is 0 Å². The van der Waals surface area contributed by atoms with Crippen molar-refractivity contribution in [2.24, 2.45) is 0 Å². The lowest BCUT2D eigenvalue weighted by atomic mass is 10.1. The number of imidazole rings is 1. The average molecular weight is 439 g/mol. The third kappa shape index (κ3) is 4.00. The second-order valence-corrected chi connectivity index (χ2v) is 8.60. The molecule has 1 N–H and O–H groups in total. The van der Waals surface area contributed by atoms with Crippen LogP contribution in [0.1, 0.15) is 29.3 Å². The Bertz CT molecular complexity index is 1360. The van der Waals surface area contributed by atoms with Gasteiger partial charge in [-0.1, -0.05) is 48.5 Å². The van der Waals surface area contributed by atoms with Gasteiger partial charge >= 0.3 is 0 Å². The number of aromatic nitrogens is 2. The van der Waals surface area contributed by atoms with Crippen molar-refractivity contribution in [1.82, 2.24) is 9.55 Å². The summed E-state index contributed by atoms with van der Waals surface area (Å²) in [6.07, 6.45) is 0.372. The van der Waals surface area contributed by atoms with E-state index in [1.807, 2.05) is 96.1 Å². The zero-order valence-corrected chi connectivity index (χ0v) is 18.8. The fourth-order valence-electron chi connectivity index (χ4n) is 4.60. The minimum atomic E-state index is -0.117. The molecule has 2 amide bonds. The number of para-hydroxylation sites is 4. The van der Waals surface area contributed by atoms with Crippen LogP contribution in [0.2, 0.25) is 0 Å². The van der Waals surface area contributed by atoms with Gasteiger partial charge < -0.3 is 14.8 Å². The third-order valence-corrected chi connectivity index (χ3v) is 6.30. The Morgan fingerprint density at radius 1 is 0.970 bits per heavy atom. The molecule has 166 valence electrons. The number of aryl methyl sites for hydroxylation is 2. The number of fused-ring (bicyclic) bond motifs is 1. The van der Waals surface area contributed by atoms with E-state index in [4.69, 9.17) is 4.98 Å². The lowest BCUT2D eigenvalue weighted by molar-refractivity contribution is -0.117. The number of anilines is 2. The summed E-state index contributed by atoms with van der Waals surface area (Å²) in [5, 5.41) is 3.02. The van der Waals surface area contributed by atoms with E-state index in [9.17, 15) is 9.59 Å². The summed E-state index contributed by atoms with van der Waals surface area (Å²) >= 11 is 0. The van der Waals surface area contributed by atoms with Crippen molar-refractivity contribution in [3.8, 4) is 0 Å². The van der Waals surface area contributed by atoms with Gasteiger partial charge in [0, 0.05) is 30.3 Å². The molecule has 1 aliphatic heterocycles. The van der Waals surface area contributed by atoms with Crippen LogP contribution in [0.5, 0.6) is 0 Å². The molecule has 0 unspecified atom stereocenters. The van der Waals surface area contributed by atoms with Gasteiger partial charge in [0.05, 0.1) is 11.0 Å². The highest BCUT2D eigenvalue weighted by atomic mass is 16.2. The molecule has 6 nitrogen and oxygen atoms in total. The van der Waals surface area contributed by atoms with E-state index < -0.39 is 0 Å². The molecule has 1 aliphatic rings. The lowest BCUT2D eigenvalue weighted by Gasteiger charge is -2.19. The van der Waals surface area contributed by atoms with Crippen molar-refractivity contribution in [1.29, 1.82) is 0 Å². The van der Waals surface area contributed by atoms with Gasteiger partial charge in [0.2, 0.25) is 11.8 Å². The third-order valence-electron chi connectivity index (χ3n) is 6.30. The van der Waals surface area contributed by atoms with Gasteiger partial charge in [0.15, 0.2) is 0 Å². The molecular formula is C27H26N4O2. The standard InChI is InChI=1S/C27H26N4O2/c1-18-9-3-5-11-21(18)28-25(32)17-31-24-14-8-6-12-22(24)29-27(31)20-15-26(33)30(16-20)23-13-7-4-10-19(23)2/h3-14,20H,15-17H2,1-2H3,(H,28,32)/t20-/m0/s1. The lowest BCUT2D eigenvalue weighted by Crippen LogP contribution is -2.26. The molecule has 2 heterocycles. The number of carbonyl (C=O) groups excluding carboxylic acids is 2. The average Bonchev–Trinajstić information content (AvgIpc) is 3.36. The largest absolute Gasteiger partial charge is 0.324 e. The van der Waals surface area contributed by atoms with E-state index in [0.717, 1.165) is 39.4 Å². The minimum Gasteiger partial charge on any atom is -0.324 e. The summed E-state index contributed by atoms with van der Waals surface area (Å²) in [6.45, 7) is 4.67. The second kappa shape index (κ2) is 8.54. The van der Waals surface area contributed by atoms with Crippen LogP contribution >= 0.6 is 0 Å². The number of benzene rings is 3. The number of hydrogen-bond donors (Lipinski definition) is 1. The van der Waals surface area contributed by atoms with Crippen LogP contribution in [-0.4, -0.2) is 27.9 Å². The number of carbonyl (C=O) groups is 2. The predicted octanol–water partition coefficient (Wildman–Crippen LogP) is 4.81. The molecule has 1 saturated heterocycles. The van der Waals surface area contributed by atoms with E-state index in [1.165, 1.54) is 0 Å². The first-order valence-electron chi connectivity index (χ1n) is 11.2. The van der Waals surface area contributed by atoms with E-state index in [2.05, 4.69) is 5.32 Å². The Balaban J connectivity index is 1.46. The number of nitrogens with one attached hydrogen (secondary N) is 1. The molecule has 6 heteroatoms. The molecular weight excluding hydrogens is 412 g/mol. The first-order valence-corrected chi connectivity index (χ1v) is 11.2. The summed E-state index contributed by atoms with van der Waals surface area (Å²) in [4.78, 5) is 32.7. The van der Waals surface area contributed by atoms with Crippen molar-refractivity contribution in [3.63, 3.8) is 0 Å². The van der Waals surface area contributed by atoms with Crippen molar-refractivity contribution in [2.45, 2.75) is 32.7 Å². The molecule has 33 heavy (non-hydrogen) atoms. The Labute approximate surface area is 192 Å². The highest BCUT2D eigenvalue weighted by Crippen LogP contribution is 2.34. The van der Waals surface area contributed by atoms with Gasteiger partial charge in [-0.25, -0.2) is 4.98 Å². The molecule has 1 aromatic heterocycles. The highest BCUT2D eigenvalue weighted by Gasteiger charge is 2.35. The van der Waals surface area contributed by atoms with Crippen LogP contribution in [0.15, 0.2) is 72.8 Å². The van der Waals surface area contributed by atoms with E-state index in [-0.39, 0.29) is 24.3 Å². The smallest absolute Gasteiger partial charge is 0.244 e. The maximum atomic E-state index is 13.0. The van der Waals surface area contributed by atoms with Crippen LogP contribution in [-0.2, 0) is 16.1 Å². The van der Waals surface area contributed by atoms with E-state index in [0.29, 0.717) is 13.0 Å². The topological polar surface area (TPSA) is 67.2 Å². The predicted molar refractivity (Wildman–Crippen MR) is 130 cm³/mol. The molecule has 1 fully saturated rings. The van der Waals surface area contributed by atoms with Gasteiger partial charge in [0.25, 0.3) is 0 Å². The molecule has 0 bridgehead atoms. The Morgan fingerprint density at radius 3 is 2.45 bits per heavy atom. The van der Waals surface area contributed by atoms with Crippen molar-refractivity contribution < 1.29 is 9.59 Å². The Kier molecular flexibility index (Phi) is 5.42. The van der Waals surface area contributed by atoms with Crippen LogP contribution < -0.4 is 10.2 Å². The fourth-order valence-corrected chi connectivity index (χ4v) is 4.60. The van der Waals surface area contributed by atoms with Gasteiger partial charge in [-0.2, -0.15) is 0 Å². The van der Waals surface area contributed by atoms with Crippen molar-refractivity contribution >= 4 is 34.2 Å². The summed E-state index contributed by atoms with van der Waals surface area (Å²) in [6, 6.07) is 23.5. The fraction of sp³-hybridized carbons (Fsp3) is 0.222. The molecule has 1 atom stereocenters. The number of rotatable bonds is 5. The first-order chi connectivity index (χ1) is 16.0. The molecule has 0 aliphatic carbocycles. The first kappa shape index (κ1) is 20.9. The monoisotopic (exact) mass is 438 g/mol. The molecule has 5 rings (SSSR count). The van der Waals surface area contributed by atoms with Gasteiger partial charge in [-0.05, 0) is 49.2 Å². The molecule has 4 aromatic rings. The molecule has 0 radical (unpaired) electrons. The van der Waals surface area contributed by atoms with Gasteiger partial charge in [-0.3, -0.25) is 9.59 Å². The maximum absolute atomic E-state index is 13.0. The summed E-state index contributed by atoms with van der Waals surface area (Å²) in [5.74, 6) is 0.655. The van der Waals surface area contributed by atoms with Crippen LogP contribution in [0.25, 0.3) is 11.0 Å². The van der Waals surface area contributed by atoms with Crippen LogP contribution in [0.4, 0.5) is 11.4 Å². The molecule has 0 spiro atoms. The Morgan fingerprint density at radius 2 is 1.67 bits per heavy atom. The maximum Gasteiger partial charge on any atom is 0.244 e. The summed E-state index contributed by atoms with van der Waals surface area (Å²) < 4.78 is 1.96. The number of amides is 2. The van der Waals surface area contributed by atoms with Gasteiger partial charge in [0.1, 0.15) is 12.4 Å². The summed E-state index contributed by atoms with van der Waals surface area (Å²) in [7, 11) is 0. The summed E-state index contributed by atoms with van der Waals surface area (Å²) in [5.41, 5.74) is 5.54. The molecule has 0 saturated carbocycles. The van der Waals surface area contributed by atoms with Crippen molar-refractivity contribution in [2.75, 3.05) is 16.8 Å². The number of nitrogens with zero attached hydrogens (tertiary/aromatic N) is 3. The molecule has 3 aromatic carbocycles. The quantitative estimate of drug-likeness (QED) is 0.486. The van der Waals surface area contributed by atoms with E-state index in [1.54, 1.807) is 0 Å². The minimum absolute atomic E-state index is 0.0808.